The number of carboxylic acids is 1. The number of aryl methyl sites for hydroxylation is 1. The van der Waals surface area contributed by atoms with Crippen molar-refractivity contribution in [3.8, 4) is 39.5 Å². The number of furan rings is 1. The monoisotopic (exact) mass is 981 g/mol. The molecule has 9 aromatic rings. The molecule has 1 radical (unpaired) electrons. The van der Waals surface area contributed by atoms with E-state index < -0.39 is 5.97 Å². The molecule has 0 unspecified atom stereocenters. The van der Waals surface area contributed by atoms with E-state index in [2.05, 4.69) is 144 Å². The van der Waals surface area contributed by atoms with Gasteiger partial charge in [0.2, 0.25) is 0 Å². The van der Waals surface area contributed by atoms with Gasteiger partial charge in [-0.05, 0) is 81.4 Å². The van der Waals surface area contributed by atoms with Crippen LogP contribution in [0.5, 0.6) is 0 Å². The van der Waals surface area contributed by atoms with E-state index in [0.717, 1.165) is 67.0 Å². The van der Waals surface area contributed by atoms with Crippen LogP contribution in [-0.2, 0) is 25.5 Å². The summed E-state index contributed by atoms with van der Waals surface area (Å²) in [6, 6.07) is 44.9. The zero-order valence-corrected chi connectivity index (χ0v) is 38.1. The normalized spacial score (nSPS) is 11.6. The number of aromatic nitrogens is 4. The van der Waals surface area contributed by atoms with E-state index in [9.17, 15) is 4.79 Å². The molecule has 61 heavy (non-hydrogen) atoms. The molecule has 1 N–H and O–H groups in total. The Labute approximate surface area is 370 Å². The minimum Gasteiger partial charge on any atom is -0.501 e. The second kappa shape index (κ2) is 17.4. The van der Waals surface area contributed by atoms with Gasteiger partial charge in [0.15, 0.2) is 5.65 Å². The molecule has 0 atom stereocenters. The Hall–Kier alpha value is -6.21. The average molecular weight is 981 g/mol. The molecule has 0 aliphatic rings. The van der Waals surface area contributed by atoms with Gasteiger partial charge in [-0.15, -0.1) is 48.0 Å². The van der Waals surface area contributed by atoms with E-state index in [1.54, 1.807) is 12.1 Å². The van der Waals surface area contributed by atoms with E-state index in [1.165, 1.54) is 33.9 Å². The maximum atomic E-state index is 10.8. The fourth-order valence-corrected chi connectivity index (χ4v) is 7.61. The minimum absolute atomic E-state index is 0. The number of para-hydroxylation sites is 1. The Morgan fingerprint density at radius 2 is 1.51 bits per heavy atom. The van der Waals surface area contributed by atoms with Gasteiger partial charge in [-0.3, -0.25) is 9.78 Å². The standard InChI is InChI=1S/C37H32N3O.C16H16NO2.Ir/c1-22(2)27-9-6-10-28(23(3)4)34(27)40-36(39-32-13-8-20-38-37(32)40)31-12-7-11-30-29-19-18-26(21-33(29)41-35(30)31)25-16-14-24(5)15-17-25;1-16(2,3)13-8-9-14(17-10-13)11-4-6-12(7-5-11)15(18)19;/h6-11,13-23H,1-5H3;4,6-10H,1-3H3,(H,18,19);/q2*-1;. The molecule has 8 heteroatoms. The first kappa shape index (κ1) is 42.9. The minimum atomic E-state index is -0.946. The fraction of sp³-hybridized carbons (Fsp3) is 0.208. The quantitative estimate of drug-likeness (QED) is 0.160. The molecule has 0 spiro atoms. The van der Waals surface area contributed by atoms with Crippen molar-refractivity contribution in [3.05, 3.63) is 168 Å². The largest absolute Gasteiger partial charge is 0.501 e. The summed E-state index contributed by atoms with van der Waals surface area (Å²) in [6.07, 6.45) is 3.70. The van der Waals surface area contributed by atoms with Gasteiger partial charge in [0.25, 0.3) is 5.97 Å². The summed E-state index contributed by atoms with van der Waals surface area (Å²) in [5.41, 5.74) is 14.4. The van der Waals surface area contributed by atoms with Crippen molar-refractivity contribution in [2.75, 3.05) is 0 Å². The number of imidazole rings is 1. The van der Waals surface area contributed by atoms with E-state index in [4.69, 9.17) is 19.5 Å². The molecule has 309 valence electrons. The van der Waals surface area contributed by atoms with Crippen LogP contribution in [0.1, 0.15) is 92.9 Å². The molecular formula is C53H48IrN4O3-2. The number of pyridine rings is 2. The van der Waals surface area contributed by atoms with Crippen molar-refractivity contribution in [2.45, 2.75) is 72.6 Å². The fourth-order valence-electron chi connectivity index (χ4n) is 7.61. The van der Waals surface area contributed by atoms with E-state index in [1.807, 2.05) is 42.7 Å². The van der Waals surface area contributed by atoms with Crippen molar-refractivity contribution in [3.63, 3.8) is 0 Å². The third kappa shape index (κ3) is 8.56. The summed E-state index contributed by atoms with van der Waals surface area (Å²) < 4.78 is 8.89. The summed E-state index contributed by atoms with van der Waals surface area (Å²) >= 11 is 0. The molecule has 4 heterocycles. The van der Waals surface area contributed by atoms with Gasteiger partial charge < -0.3 is 19.1 Å². The molecule has 5 aromatic carbocycles. The number of benzene rings is 5. The van der Waals surface area contributed by atoms with Crippen molar-refractivity contribution < 1.29 is 34.4 Å². The van der Waals surface area contributed by atoms with Crippen LogP contribution in [0.25, 0.3) is 72.6 Å². The maximum absolute atomic E-state index is 10.8. The number of carbonyl (C=O) groups is 1. The van der Waals surface area contributed by atoms with Crippen LogP contribution in [0, 0.1) is 19.1 Å². The first-order valence-corrected chi connectivity index (χ1v) is 20.4. The summed E-state index contributed by atoms with van der Waals surface area (Å²) in [6.45, 7) is 17.5. The summed E-state index contributed by atoms with van der Waals surface area (Å²) in [5.74, 6) is 0.490. The third-order valence-corrected chi connectivity index (χ3v) is 11.0. The van der Waals surface area contributed by atoms with Gasteiger partial charge in [-0.25, -0.2) is 4.98 Å². The summed E-state index contributed by atoms with van der Waals surface area (Å²) in [4.78, 5) is 25.2. The van der Waals surface area contributed by atoms with Crippen molar-refractivity contribution in [1.29, 1.82) is 0 Å². The molecule has 7 nitrogen and oxygen atoms in total. The smallest absolute Gasteiger partial charge is 0.292 e. The van der Waals surface area contributed by atoms with Crippen LogP contribution in [-0.4, -0.2) is 30.6 Å². The van der Waals surface area contributed by atoms with Gasteiger partial charge in [0.1, 0.15) is 5.58 Å². The molecule has 0 saturated heterocycles. The Balaban J connectivity index is 0.000000237. The zero-order valence-electron chi connectivity index (χ0n) is 35.7. The van der Waals surface area contributed by atoms with Crippen LogP contribution in [0.15, 0.2) is 132 Å². The number of nitrogens with zero attached hydrogens (tertiary/aromatic N) is 4. The van der Waals surface area contributed by atoms with Gasteiger partial charge in [0.05, 0.1) is 16.9 Å². The Kier molecular flexibility index (Phi) is 12.2. The van der Waals surface area contributed by atoms with Crippen molar-refractivity contribution >= 4 is 39.1 Å². The zero-order chi connectivity index (χ0) is 42.3. The third-order valence-electron chi connectivity index (χ3n) is 11.0. The molecule has 0 aliphatic carbocycles. The van der Waals surface area contributed by atoms with Crippen LogP contribution < -0.4 is 0 Å². The van der Waals surface area contributed by atoms with Crippen LogP contribution >= 0.6 is 0 Å². The molecular weight excluding hydrogens is 933 g/mol. The SMILES string of the molecule is CC(C)(C)c1ccc(-c2[c-]cc(C(=O)O)cc2)nc1.Cc1ccc(-c2ccc3c(c2)oc2c(-c4nc5cccnc5n4-c4c(C(C)C)cccc4C(C)C)[c-]ccc23)cc1.[Ir]. The number of aromatic carboxylic acids is 1. The number of carboxylic acid groups (broad SMARTS) is 1. The van der Waals surface area contributed by atoms with Gasteiger partial charge in [0, 0.05) is 43.6 Å². The first-order valence-electron chi connectivity index (χ1n) is 20.4. The number of hydrogen-bond acceptors (Lipinski definition) is 5. The average Bonchev–Trinajstić information content (AvgIpc) is 3.82. The van der Waals surface area contributed by atoms with E-state index >= 15 is 0 Å². The topological polar surface area (TPSA) is 94.0 Å². The van der Waals surface area contributed by atoms with Gasteiger partial charge >= 0.3 is 0 Å². The molecule has 9 rings (SSSR count). The molecule has 0 amide bonds. The van der Waals surface area contributed by atoms with Crippen LogP contribution in [0.3, 0.4) is 0 Å². The number of rotatable bonds is 7. The predicted molar refractivity (Wildman–Crippen MR) is 243 cm³/mol. The summed E-state index contributed by atoms with van der Waals surface area (Å²) in [5, 5.41) is 11.0. The van der Waals surface area contributed by atoms with Gasteiger partial charge in [-0.2, -0.15) is 0 Å². The Morgan fingerprint density at radius 1 is 0.787 bits per heavy atom. The predicted octanol–water partition coefficient (Wildman–Crippen LogP) is 13.6. The molecule has 0 fully saturated rings. The van der Waals surface area contributed by atoms with E-state index in [0.29, 0.717) is 11.8 Å². The molecule has 4 aromatic heterocycles. The van der Waals surface area contributed by atoms with Crippen molar-refractivity contribution in [2.24, 2.45) is 0 Å². The second-order valence-corrected chi connectivity index (χ2v) is 17.0. The van der Waals surface area contributed by atoms with E-state index in [-0.39, 0.29) is 31.1 Å². The Bertz CT molecular complexity index is 2960. The molecule has 0 saturated carbocycles. The summed E-state index contributed by atoms with van der Waals surface area (Å²) in [7, 11) is 0. The van der Waals surface area contributed by atoms with Gasteiger partial charge in [-0.1, -0.05) is 132 Å². The van der Waals surface area contributed by atoms with Crippen LogP contribution in [0.2, 0.25) is 0 Å². The second-order valence-electron chi connectivity index (χ2n) is 17.0. The number of fused-ring (bicyclic) bond motifs is 4. The van der Waals surface area contributed by atoms with Crippen LogP contribution in [0.4, 0.5) is 0 Å². The maximum Gasteiger partial charge on any atom is 0.292 e. The first-order chi connectivity index (χ1) is 28.8. The Morgan fingerprint density at radius 3 is 2.13 bits per heavy atom. The molecule has 0 aliphatic heterocycles. The molecule has 0 bridgehead atoms. The van der Waals surface area contributed by atoms with Crippen molar-refractivity contribution in [1.82, 2.24) is 19.5 Å². The number of hydrogen-bond donors (Lipinski definition) is 1.